The van der Waals surface area contributed by atoms with Gasteiger partial charge in [0.15, 0.2) is 0 Å². The Bertz CT molecular complexity index is 1570. The van der Waals surface area contributed by atoms with E-state index >= 15 is 0 Å². The van der Waals surface area contributed by atoms with Gasteiger partial charge in [0, 0.05) is 36.0 Å². The van der Waals surface area contributed by atoms with E-state index in [2.05, 4.69) is 15.3 Å². The second kappa shape index (κ2) is 10.5. The van der Waals surface area contributed by atoms with Gasteiger partial charge < -0.3 is 9.73 Å². The van der Waals surface area contributed by atoms with Crippen molar-refractivity contribution in [2.75, 3.05) is 6.54 Å². The number of sulfonamides is 1. The Kier molecular flexibility index (Phi) is 7.51. The van der Waals surface area contributed by atoms with Crippen LogP contribution < -0.4 is 5.32 Å². The van der Waals surface area contributed by atoms with Crippen LogP contribution >= 0.6 is 0 Å². The lowest BCUT2D eigenvalue weighted by molar-refractivity contribution is -0.137. The largest absolute Gasteiger partial charge is 0.443 e. The normalized spacial score (nSPS) is 13.1. The van der Waals surface area contributed by atoms with Crippen molar-refractivity contribution >= 4 is 26.9 Å². The number of amides is 1. The van der Waals surface area contributed by atoms with Gasteiger partial charge in [0.05, 0.1) is 23.5 Å². The summed E-state index contributed by atoms with van der Waals surface area (Å²) in [5.74, 6) is -1.16. The average molecular weight is 551 g/mol. The molecule has 8 nitrogen and oxygen atoms in total. The van der Waals surface area contributed by atoms with E-state index in [1.807, 2.05) is 0 Å². The van der Waals surface area contributed by atoms with Crippen LogP contribution in [0.2, 0.25) is 0 Å². The summed E-state index contributed by atoms with van der Waals surface area (Å²) in [7, 11) is -4.23. The topological polar surface area (TPSA) is 105 Å². The van der Waals surface area contributed by atoms with E-state index in [1.165, 1.54) is 31.3 Å². The number of hydrogen-bond acceptors (Lipinski definition) is 6. The maximum absolute atomic E-state index is 13.5. The molecule has 0 fully saturated rings. The van der Waals surface area contributed by atoms with Gasteiger partial charge in [-0.25, -0.2) is 12.8 Å². The average Bonchev–Trinajstić information content (AvgIpc) is 3.31. The highest BCUT2D eigenvalue weighted by Gasteiger charge is 2.34. The molecule has 0 bridgehead atoms. The summed E-state index contributed by atoms with van der Waals surface area (Å²) in [5.41, 5.74) is 0.476. The van der Waals surface area contributed by atoms with E-state index in [-0.39, 0.29) is 29.8 Å². The quantitative estimate of drug-likeness (QED) is 0.317. The lowest BCUT2D eigenvalue weighted by Gasteiger charge is -2.25. The van der Waals surface area contributed by atoms with Crippen molar-refractivity contribution in [1.29, 1.82) is 0 Å². The molecule has 13 heteroatoms. The van der Waals surface area contributed by atoms with Crippen LogP contribution in [0.25, 0.3) is 22.2 Å². The number of fused-ring (bicyclic) bond motifs is 1. The van der Waals surface area contributed by atoms with Gasteiger partial charge in [-0.15, -0.1) is 0 Å². The molecule has 3 aromatic heterocycles. The number of aromatic nitrogens is 2. The fraction of sp³-hybridized carbons (Fsp3) is 0.240. The van der Waals surface area contributed by atoms with E-state index in [0.29, 0.717) is 11.3 Å². The van der Waals surface area contributed by atoms with Gasteiger partial charge in [-0.05, 0) is 49.4 Å². The van der Waals surface area contributed by atoms with Crippen molar-refractivity contribution in [3.05, 3.63) is 78.0 Å². The van der Waals surface area contributed by atoms with E-state index < -0.39 is 44.6 Å². The zero-order chi connectivity index (χ0) is 27.7. The molecule has 1 amide bonds. The zero-order valence-corrected chi connectivity index (χ0v) is 21.0. The van der Waals surface area contributed by atoms with Crippen LogP contribution in [0.3, 0.4) is 0 Å². The molecule has 0 spiro atoms. The highest BCUT2D eigenvalue weighted by atomic mass is 32.2. The number of nitrogens with zero attached hydrogens (tertiary/aromatic N) is 3. The summed E-state index contributed by atoms with van der Waals surface area (Å²) in [6.07, 6.45) is -2.35. The van der Waals surface area contributed by atoms with Gasteiger partial charge in [0.25, 0.3) is 10.0 Å². The number of rotatable bonds is 8. The summed E-state index contributed by atoms with van der Waals surface area (Å²) in [5, 5.41) is 2.47. The molecule has 1 aromatic carbocycles. The summed E-state index contributed by atoms with van der Waals surface area (Å²) in [6, 6.07) is 8.95. The first-order valence-corrected chi connectivity index (χ1v) is 12.8. The molecule has 200 valence electrons. The summed E-state index contributed by atoms with van der Waals surface area (Å²) in [4.78, 5) is 20.9. The third kappa shape index (κ3) is 5.68. The molecule has 4 aromatic rings. The molecule has 0 aliphatic carbocycles. The Morgan fingerprint density at radius 3 is 2.53 bits per heavy atom. The van der Waals surface area contributed by atoms with Crippen molar-refractivity contribution in [3.63, 3.8) is 0 Å². The lowest BCUT2D eigenvalue weighted by Crippen LogP contribution is -2.47. The van der Waals surface area contributed by atoms with Crippen LogP contribution in [0, 0.1) is 5.82 Å². The van der Waals surface area contributed by atoms with Crippen LogP contribution in [-0.4, -0.2) is 41.2 Å². The number of furan rings is 1. The molecular formula is C25H22F4N4O4S. The van der Waals surface area contributed by atoms with E-state index in [1.54, 1.807) is 19.1 Å². The van der Waals surface area contributed by atoms with E-state index in [9.17, 15) is 30.8 Å². The van der Waals surface area contributed by atoms with Gasteiger partial charge in [-0.2, -0.15) is 17.5 Å². The van der Waals surface area contributed by atoms with E-state index in [4.69, 9.17) is 4.42 Å². The number of halogens is 4. The Hall–Kier alpha value is -3.84. The summed E-state index contributed by atoms with van der Waals surface area (Å²) >= 11 is 0. The van der Waals surface area contributed by atoms with Gasteiger partial charge in [0.2, 0.25) is 11.0 Å². The highest BCUT2D eigenvalue weighted by Crippen LogP contribution is 2.30. The number of alkyl halides is 3. The predicted molar refractivity (Wildman–Crippen MR) is 130 cm³/mol. The van der Waals surface area contributed by atoms with Crippen molar-refractivity contribution in [1.82, 2.24) is 19.6 Å². The summed E-state index contributed by atoms with van der Waals surface area (Å²) < 4.78 is 84.6. The number of carbonyl (C=O) groups is 1. The molecule has 4 rings (SSSR count). The molecule has 0 aliphatic rings. The molecule has 3 heterocycles. The maximum atomic E-state index is 13.5. The first-order chi connectivity index (χ1) is 17.9. The fourth-order valence-electron chi connectivity index (χ4n) is 3.81. The highest BCUT2D eigenvalue weighted by molar-refractivity contribution is 7.89. The molecule has 38 heavy (non-hydrogen) atoms. The number of hydrogen-bond donors (Lipinski definition) is 1. The number of benzene rings is 1. The van der Waals surface area contributed by atoms with Gasteiger partial charge in [-0.1, -0.05) is 6.92 Å². The van der Waals surface area contributed by atoms with Crippen molar-refractivity contribution in [3.8, 4) is 11.3 Å². The number of carbonyl (C=O) groups excluding carboxylic acids is 1. The van der Waals surface area contributed by atoms with Gasteiger partial charge in [-0.3, -0.25) is 14.8 Å². The zero-order valence-electron chi connectivity index (χ0n) is 20.2. The minimum atomic E-state index is -4.50. The van der Waals surface area contributed by atoms with Crippen LogP contribution in [-0.2, 0) is 27.5 Å². The predicted octanol–water partition coefficient (Wildman–Crippen LogP) is 4.76. The van der Waals surface area contributed by atoms with Gasteiger partial charge >= 0.3 is 6.18 Å². The lowest BCUT2D eigenvalue weighted by atomic mass is 10.1. The smallest absolute Gasteiger partial charge is 0.417 e. The second-order valence-electron chi connectivity index (χ2n) is 8.32. The first-order valence-electron chi connectivity index (χ1n) is 11.4. The van der Waals surface area contributed by atoms with Crippen molar-refractivity contribution in [2.45, 2.75) is 37.7 Å². The number of nitrogens with one attached hydrogen (secondary N) is 1. The SMILES string of the molecule is CCN([C@@H](C)C(=O)NCc1cc(-c2ccc(C(F)(F)F)cn2)ccn1)S(=O)(=O)c1cc2cc(F)ccc2o1. The number of likely N-dealkylation sites (N-methyl/N-ethyl adjacent to an activating group) is 1. The van der Waals surface area contributed by atoms with Crippen LogP contribution in [0.15, 0.2) is 70.4 Å². The van der Waals surface area contributed by atoms with E-state index in [0.717, 1.165) is 28.7 Å². The Labute approximate surface area is 215 Å². The maximum Gasteiger partial charge on any atom is 0.417 e. The molecule has 1 atom stereocenters. The molecule has 0 aliphatic heterocycles. The second-order valence-corrected chi connectivity index (χ2v) is 10.1. The van der Waals surface area contributed by atoms with Crippen LogP contribution in [0.4, 0.5) is 17.6 Å². The molecular weight excluding hydrogens is 528 g/mol. The molecule has 0 radical (unpaired) electrons. The number of pyridine rings is 2. The molecule has 0 saturated carbocycles. The molecule has 0 unspecified atom stereocenters. The molecule has 1 N–H and O–H groups in total. The standard InChI is InChI=1S/C25H22F4N4O4S/c1-3-33(38(35,36)23-12-17-10-19(26)5-7-22(17)37-23)15(2)24(34)32-14-20-11-16(8-9-30-20)21-6-4-18(13-31-21)25(27,28)29/h4-13,15H,3,14H2,1-2H3,(H,32,34)/t15-/m0/s1. The summed E-state index contributed by atoms with van der Waals surface area (Å²) in [6.45, 7) is 2.86. The Morgan fingerprint density at radius 1 is 1.11 bits per heavy atom. The Morgan fingerprint density at radius 2 is 1.87 bits per heavy atom. The van der Waals surface area contributed by atoms with Crippen LogP contribution in [0.1, 0.15) is 25.1 Å². The fourth-order valence-corrected chi connectivity index (χ4v) is 5.36. The monoisotopic (exact) mass is 550 g/mol. The Balaban J connectivity index is 1.46. The first kappa shape index (κ1) is 27.2. The minimum absolute atomic E-state index is 0.0460. The minimum Gasteiger partial charge on any atom is -0.443 e. The van der Waals surface area contributed by atoms with Crippen molar-refractivity contribution in [2.24, 2.45) is 0 Å². The van der Waals surface area contributed by atoms with Gasteiger partial charge in [0.1, 0.15) is 17.4 Å². The van der Waals surface area contributed by atoms with Crippen LogP contribution in [0.5, 0.6) is 0 Å². The third-order valence-corrected chi connectivity index (χ3v) is 7.69. The third-order valence-electron chi connectivity index (χ3n) is 5.79. The van der Waals surface area contributed by atoms with Crippen molar-refractivity contribution < 1.29 is 35.2 Å². The molecule has 0 saturated heterocycles.